The third-order valence-corrected chi connectivity index (χ3v) is 5.40. The average Bonchev–Trinajstić information content (AvgIpc) is 2.76. The number of phenols is 1. The number of aliphatic hydroxyl groups excluding tert-OH is 2. The summed E-state index contributed by atoms with van der Waals surface area (Å²) in [6.07, 6.45) is 0.139. The van der Waals surface area contributed by atoms with E-state index in [4.69, 9.17) is 4.74 Å². The fourth-order valence-corrected chi connectivity index (χ4v) is 3.84. The molecule has 32 heavy (non-hydrogen) atoms. The summed E-state index contributed by atoms with van der Waals surface area (Å²) in [5.74, 6) is 0.0364. The van der Waals surface area contributed by atoms with Gasteiger partial charge < -0.3 is 25.4 Å². The van der Waals surface area contributed by atoms with Crippen molar-refractivity contribution in [2.45, 2.75) is 46.2 Å². The number of hydrogen-bond acceptors (Lipinski definition) is 5. The van der Waals surface area contributed by atoms with Crippen LogP contribution in [0.3, 0.4) is 0 Å². The predicted octanol–water partition coefficient (Wildman–Crippen LogP) is 4.08. The Morgan fingerprint density at radius 3 is 2.34 bits per heavy atom. The van der Waals surface area contributed by atoms with E-state index in [0.717, 1.165) is 18.5 Å². The van der Waals surface area contributed by atoms with Crippen LogP contribution in [-0.4, -0.2) is 28.4 Å². The fraction of sp³-hybridized carbons (Fsp3) is 0.333. The van der Waals surface area contributed by atoms with Crippen molar-refractivity contribution in [3.63, 3.8) is 0 Å². The van der Waals surface area contributed by atoms with E-state index in [1.54, 1.807) is 12.1 Å². The fourth-order valence-electron chi connectivity index (χ4n) is 3.84. The zero-order valence-electron chi connectivity index (χ0n) is 18.8. The minimum atomic E-state index is -0.703. The van der Waals surface area contributed by atoms with Gasteiger partial charge in [0, 0.05) is 12.1 Å². The smallest absolute Gasteiger partial charge is 0.121 e. The van der Waals surface area contributed by atoms with Crippen LogP contribution in [0.15, 0.2) is 60.7 Å². The minimum Gasteiger partial charge on any atom is -0.508 e. The lowest BCUT2D eigenvalue weighted by atomic mass is 10.0. The molecule has 0 amide bonds. The van der Waals surface area contributed by atoms with Crippen molar-refractivity contribution < 1.29 is 20.1 Å². The van der Waals surface area contributed by atoms with Crippen LogP contribution in [0.25, 0.3) is 0 Å². The zero-order chi connectivity index (χ0) is 22.9. The van der Waals surface area contributed by atoms with Gasteiger partial charge in [-0.15, -0.1) is 0 Å². The molecule has 0 fully saturated rings. The minimum absolute atomic E-state index is 0.0364. The van der Waals surface area contributed by atoms with Gasteiger partial charge in [0.15, 0.2) is 0 Å². The van der Waals surface area contributed by atoms with E-state index >= 15 is 0 Å². The van der Waals surface area contributed by atoms with E-state index in [9.17, 15) is 15.3 Å². The molecule has 170 valence electrons. The number of ether oxygens (including phenoxy) is 1. The summed E-state index contributed by atoms with van der Waals surface area (Å²) in [5, 5.41) is 32.5. The van der Waals surface area contributed by atoms with Gasteiger partial charge >= 0.3 is 0 Å². The van der Waals surface area contributed by atoms with Crippen molar-refractivity contribution in [1.82, 2.24) is 5.32 Å². The van der Waals surface area contributed by atoms with E-state index in [1.165, 1.54) is 28.3 Å². The molecule has 0 heterocycles. The second-order valence-corrected chi connectivity index (χ2v) is 8.32. The van der Waals surface area contributed by atoms with Gasteiger partial charge in [-0.1, -0.05) is 59.7 Å². The van der Waals surface area contributed by atoms with Gasteiger partial charge in [0.05, 0.1) is 25.9 Å². The second kappa shape index (κ2) is 11.8. The van der Waals surface area contributed by atoms with Crippen molar-refractivity contribution in [3.8, 4) is 5.75 Å². The summed E-state index contributed by atoms with van der Waals surface area (Å²) in [6, 6.07) is 19.7. The Bertz CT molecular complexity index is 998. The topological polar surface area (TPSA) is 82.0 Å². The predicted molar refractivity (Wildman–Crippen MR) is 126 cm³/mol. The first kappa shape index (κ1) is 24.0. The van der Waals surface area contributed by atoms with Crippen LogP contribution in [-0.2, 0) is 31.0 Å². The Morgan fingerprint density at radius 2 is 1.59 bits per heavy atom. The largest absolute Gasteiger partial charge is 0.508 e. The Kier molecular flexibility index (Phi) is 8.82. The molecule has 0 radical (unpaired) electrons. The Balaban J connectivity index is 1.42. The molecule has 1 atom stereocenters. The van der Waals surface area contributed by atoms with Crippen molar-refractivity contribution in [2.24, 2.45) is 0 Å². The lowest BCUT2D eigenvalue weighted by Crippen LogP contribution is -2.23. The molecule has 0 unspecified atom stereocenters. The van der Waals surface area contributed by atoms with Gasteiger partial charge in [0.1, 0.15) is 5.75 Å². The number of rotatable bonds is 11. The molecular weight excluding hydrogens is 402 g/mol. The highest BCUT2D eigenvalue weighted by molar-refractivity contribution is 5.36. The van der Waals surface area contributed by atoms with Crippen LogP contribution in [0.4, 0.5) is 0 Å². The molecule has 0 aliphatic carbocycles. The molecule has 5 heteroatoms. The number of aromatic hydroxyl groups is 1. The summed E-state index contributed by atoms with van der Waals surface area (Å²) in [4.78, 5) is 0. The maximum Gasteiger partial charge on any atom is 0.121 e. The van der Waals surface area contributed by atoms with Crippen molar-refractivity contribution in [2.75, 3.05) is 13.1 Å². The number of nitrogens with one attached hydrogen (secondary N) is 1. The standard InChI is InChI=1S/C27H33NO4/c1-19-10-20(2)12-23(11-19)18-32-17-22-5-3-4-21(13-22)8-9-28-15-27(31)24-6-7-26(30)25(14-24)16-29/h3-7,10-14,27-31H,8-9,15-18H2,1-2H3/t27-/m0/s1. The quantitative estimate of drug-likeness (QED) is 0.341. The highest BCUT2D eigenvalue weighted by Crippen LogP contribution is 2.22. The summed E-state index contributed by atoms with van der Waals surface area (Å²) >= 11 is 0. The molecule has 4 N–H and O–H groups in total. The zero-order valence-corrected chi connectivity index (χ0v) is 18.8. The maximum absolute atomic E-state index is 10.4. The number of aliphatic hydroxyl groups is 2. The number of aryl methyl sites for hydroxylation is 2. The van der Waals surface area contributed by atoms with Gasteiger partial charge in [-0.05, 0) is 61.2 Å². The average molecular weight is 436 g/mol. The number of benzene rings is 3. The molecule has 0 spiro atoms. The molecule has 3 rings (SSSR count). The van der Waals surface area contributed by atoms with E-state index in [0.29, 0.717) is 30.9 Å². The normalized spacial score (nSPS) is 12.1. The van der Waals surface area contributed by atoms with E-state index in [2.05, 4.69) is 55.6 Å². The SMILES string of the molecule is Cc1cc(C)cc(COCc2cccc(CCNC[C@H](O)c3ccc(O)c(CO)c3)c2)c1. The molecule has 3 aromatic carbocycles. The second-order valence-electron chi connectivity index (χ2n) is 8.32. The Hall–Kier alpha value is -2.70. The molecule has 0 aliphatic heterocycles. The van der Waals surface area contributed by atoms with Crippen LogP contribution in [0.1, 0.15) is 45.0 Å². The van der Waals surface area contributed by atoms with Crippen LogP contribution in [0, 0.1) is 13.8 Å². The Labute approximate surface area is 190 Å². The Morgan fingerprint density at radius 1 is 0.875 bits per heavy atom. The van der Waals surface area contributed by atoms with E-state index in [-0.39, 0.29) is 12.4 Å². The molecular formula is C27H33NO4. The summed E-state index contributed by atoms with van der Waals surface area (Å²) in [7, 11) is 0. The summed E-state index contributed by atoms with van der Waals surface area (Å²) in [5.41, 5.74) is 7.14. The van der Waals surface area contributed by atoms with Crippen LogP contribution < -0.4 is 5.32 Å². The lowest BCUT2D eigenvalue weighted by molar-refractivity contribution is 0.107. The highest BCUT2D eigenvalue weighted by atomic mass is 16.5. The highest BCUT2D eigenvalue weighted by Gasteiger charge is 2.10. The maximum atomic E-state index is 10.4. The van der Waals surface area contributed by atoms with Crippen molar-refractivity contribution in [1.29, 1.82) is 0 Å². The molecule has 0 aromatic heterocycles. The van der Waals surface area contributed by atoms with Gasteiger partial charge in [-0.25, -0.2) is 0 Å². The van der Waals surface area contributed by atoms with Crippen molar-refractivity contribution in [3.05, 3.63) is 99.6 Å². The summed E-state index contributed by atoms with van der Waals surface area (Å²) < 4.78 is 5.92. The molecule has 0 saturated heterocycles. The third-order valence-electron chi connectivity index (χ3n) is 5.40. The molecule has 0 aliphatic rings. The number of hydrogen-bond donors (Lipinski definition) is 4. The summed E-state index contributed by atoms with van der Waals surface area (Å²) in [6.45, 7) is 6.24. The van der Waals surface area contributed by atoms with Crippen LogP contribution in [0.5, 0.6) is 5.75 Å². The molecule has 0 saturated carbocycles. The van der Waals surface area contributed by atoms with Gasteiger partial charge in [0.2, 0.25) is 0 Å². The van der Waals surface area contributed by atoms with E-state index < -0.39 is 6.10 Å². The van der Waals surface area contributed by atoms with Crippen LogP contribution >= 0.6 is 0 Å². The lowest BCUT2D eigenvalue weighted by Gasteiger charge is -2.14. The first-order chi connectivity index (χ1) is 15.4. The third kappa shape index (κ3) is 7.18. The monoisotopic (exact) mass is 435 g/mol. The first-order valence-electron chi connectivity index (χ1n) is 11.0. The molecule has 0 bridgehead atoms. The van der Waals surface area contributed by atoms with Crippen molar-refractivity contribution >= 4 is 0 Å². The first-order valence-corrected chi connectivity index (χ1v) is 11.0. The van der Waals surface area contributed by atoms with Gasteiger partial charge in [-0.3, -0.25) is 0 Å². The molecule has 5 nitrogen and oxygen atoms in total. The van der Waals surface area contributed by atoms with E-state index in [1.807, 2.05) is 6.07 Å². The van der Waals surface area contributed by atoms with Crippen LogP contribution in [0.2, 0.25) is 0 Å². The molecule has 3 aromatic rings. The van der Waals surface area contributed by atoms with Gasteiger partial charge in [0.25, 0.3) is 0 Å². The van der Waals surface area contributed by atoms with Gasteiger partial charge in [-0.2, -0.15) is 0 Å².